The predicted molar refractivity (Wildman–Crippen MR) is 53.7 cm³/mol. The molecule has 1 aromatic rings. The molecule has 1 unspecified atom stereocenters. The normalized spacial score (nSPS) is 13.2. The van der Waals surface area contributed by atoms with Crippen molar-refractivity contribution in [3.05, 3.63) is 5.51 Å². The first-order valence-corrected chi connectivity index (χ1v) is 5.73. The molecule has 1 heterocycles. The van der Waals surface area contributed by atoms with E-state index in [0.29, 0.717) is 5.92 Å². The molecule has 0 aliphatic heterocycles. The summed E-state index contributed by atoms with van der Waals surface area (Å²) in [5.74, 6) is 1.79. The second-order valence-corrected chi connectivity index (χ2v) is 4.78. The molecule has 68 valence electrons. The Hall–Kier alpha value is -0.130. The molecule has 0 saturated heterocycles. The van der Waals surface area contributed by atoms with Crippen molar-refractivity contribution in [3.63, 3.8) is 0 Å². The molecule has 1 aromatic heterocycles. The van der Waals surface area contributed by atoms with Crippen LogP contribution in [0.25, 0.3) is 0 Å². The molecular formula is C7H13N3S2. The van der Waals surface area contributed by atoms with Gasteiger partial charge in [0.15, 0.2) is 4.34 Å². The predicted octanol–water partition coefficient (Wildman–Crippen LogP) is 1.49. The van der Waals surface area contributed by atoms with Gasteiger partial charge in [0.05, 0.1) is 0 Å². The minimum atomic E-state index is 0.684. The van der Waals surface area contributed by atoms with Crippen LogP contribution in [0.2, 0.25) is 0 Å². The van der Waals surface area contributed by atoms with Crippen molar-refractivity contribution < 1.29 is 0 Å². The lowest BCUT2D eigenvalue weighted by Gasteiger charge is -2.07. The summed E-state index contributed by atoms with van der Waals surface area (Å²) in [6.07, 6.45) is 0. The lowest BCUT2D eigenvalue weighted by atomic mass is 10.2. The van der Waals surface area contributed by atoms with Crippen LogP contribution < -0.4 is 5.32 Å². The fourth-order valence-corrected chi connectivity index (χ4v) is 2.38. The third-order valence-corrected chi connectivity index (χ3v) is 3.57. The average Bonchev–Trinajstić information content (AvgIpc) is 2.53. The van der Waals surface area contributed by atoms with Gasteiger partial charge in [-0.15, -0.1) is 10.2 Å². The van der Waals surface area contributed by atoms with E-state index in [0.717, 1.165) is 16.6 Å². The van der Waals surface area contributed by atoms with Gasteiger partial charge < -0.3 is 5.32 Å². The lowest BCUT2D eigenvalue weighted by molar-refractivity contribution is 0.603. The van der Waals surface area contributed by atoms with Gasteiger partial charge in [0.25, 0.3) is 0 Å². The van der Waals surface area contributed by atoms with Crippen LogP contribution in [0.1, 0.15) is 6.92 Å². The maximum Gasteiger partial charge on any atom is 0.174 e. The van der Waals surface area contributed by atoms with Gasteiger partial charge >= 0.3 is 0 Å². The Balaban J connectivity index is 2.17. The van der Waals surface area contributed by atoms with E-state index in [1.54, 1.807) is 28.6 Å². The van der Waals surface area contributed by atoms with Gasteiger partial charge in [-0.3, -0.25) is 0 Å². The Morgan fingerprint density at radius 2 is 2.58 bits per heavy atom. The molecule has 1 atom stereocenters. The zero-order valence-electron chi connectivity index (χ0n) is 7.28. The fraction of sp³-hybridized carbons (Fsp3) is 0.714. The maximum atomic E-state index is 3.96. The Labute approximate surface area is 81.0 Å². The van der Waals surface area contributed by atoms with Crippen molar-refractivity contribution in [2.24, 2.45) is 5.92 Å². The van der Waals surface area contributed by atoms with Crippen molar-refractivity contribution >= 4 is 23.1 Å². The van der Waals surface area contributed by atoms with Crippen LogP contribution in [0.3, 0.4) is 0 Å². The Morgan fingerprint density at radius 1 is 1.75 bits per heavy atom. The molecule has 0 aliphatic rings. The van der Waals surface area contributed by atoms with E-state index in [-0.39, 0.29) is 0 Å². The number of nitrogens with zero attached hydrogens (tertiary/aromatic N) is 2. The van der Waals surface area contributed by atoms with Gasteiger partial charge in [0.2, 0.25) is 0 Å². The molecule has 3 nitrogen and oxygen atoms in total. The zero-order chi connectivity index (χ0) is 8.81. The first-order valence-electron chi connectivity index (χ1n) is 3.86. The minimum absolute atomic E-state index is 0.684. The van der Waals surface area contributed by atoms with Crippen LogP contribution in [0.5, 0.6) is 0 Å². The van der Waals surface area contributed by atoms with E-state index in [9.17, 15) is 0 Å². The molecule has 0 spiro atoms. The molecule has 0 aromatic carbocycles. The SMILES string of the molecule is CNCC(C)CSc1nncs1. The van der Waals surface area contributed by atoms with Crippen molar-refractivity contribution in [1.82, 2.24) is 15.5 Å². The number of rotatable bonds is 5. The van der Waals surface area contributed by atoms with Crippen LogP contribution >= 0.6 is 23.1 Å². The summed E-state index contributed by atoms with van der Waals surface area (Å²) < 4.78 is 1.07. The molecular weight excluding hydrogens is 190 g/mol. The van der Waals surface area contributed by atoms with Gasteiger partial charge in [0.1, 0.15) is 5.51 Å². The van der Waals surface area contributed by atoms with Crippen LogP contribution in [-0.2, 0) is 0 Å². The summed E-state index contributed by atoms with van der Waals surface area (Å²) in [5.41, 5.74) is 1.77. The molecule has 12 heavy (non-hydrogen) atoms. The highest BCUT2D eigenvalue weighted by Crippen LogP contribution is 2.21. The first-order chi connectivity index (χ1) is 5.83. The Bertz CT molecular complexity index is 200. The Morgan fingerprint density at radius 3 is 3.17 bits per heavy atom. The molecule has 0 amide bonds. The van der Waals surface area contributed by atoms with Crippen molar-refractivity contribution in [2.75, 3.05) is 19.3 Å². The van der Waals surface area contributed by atoms with E-state index < -0.39 is 0 Å². The lowest BCUT2D eigenvalue weighted by Crippen LogP contribution is -2.17. The molecule has 0 radical (unpaired) electrons. The zero-order valence-corrected chi connectivity index (χ0v) is 8.91. The van der Waals surface area contributed by atoms with Gasteiger partial charge in [0, 0.05) is 5.75 Å². The second kappa shape index (κ2) is 5.50. The van der Waals surface area contributed by atoms with Gasteiger partial charge in [-0.1, -0.05) is 30.0 Å². The summed E-state index contributed by atoms with van der Waals surface area (Å²) in [6.45, 7) is 3.29. The molecule has 0 saturated carbocycles. The molecule has 0 bridgehead atoms. The topological polar surface area (TPSA) is 37.8 Å². The smallest absolute Gasteiger partial charge is 0.174 e. The minimum Gasteiger partial charge on any atom is -0.319 e. The van der Waals surface area contributed by atoms with E-state index >= 15 is 0 Å². The van der Waals surface area contributed by atoms with E-state index in [4.69, 9.17) is 0 Å². The highest BCUT2D eigenvalue weighted by molar-refractivity contribution is 8.01. The van der Waals surface area contributed by atoms with Crippen LogP contribution in [0.4, 0.5) is 0 Å². The number of hydrogen-bond donors (Lipinski definition) is 1. The molecule has 5 heteroatoms. The van der Waals surface area contributed by atoms with E-state index in [2.05, 4.69) is 22.4 Å². The maximum absolute atomic E-state index is 3.96. The number of hydrogen-bond acceptors (Lipinski definition) is 5. The highest BCUT2D eigenvalue weighted by Gasteiger charge is 2.03. The van der Waals surface area contributed by atoms with Gasteiger partial charge in [-0.2, -0.15) is 0 Å². The molecule has 0 fully saturated rings. The van der Waals surface area contributed by atoms with Crippen molar-refractivity contribution in [1.29, 1.82) is 0 Å². The number of nitrogens with one attached hydrogen (secondary N) is 1. The third kappa shape index (κ3) is 3.51. The fourth-order valence-electron chi connectivity index (χ4n) is 0.847. The summed E-state index contributed by atoms with van der Waals surface area (Å²) in [4.78, 5) is 0. The summed E-state index contributed by atoms with van der Waals surface area (Å²) in [7, 11) is 1.98. The second-order valence-electron chi connectivity index (χ2n) is 2.68. The standard InChI is InChI=1S/C7H13N3S2/c1-6(3-8-2)4-11-7-10-9-5-12-7/h5-6,8H,3-4H2,1-2H3. The summed E-state index contributed by atoms with van der Waals surface area (Å²) in [5, 5.41) is 10.9. The van der Waals surface area contributed by atoms with E-state index in [1.807, 2.05) is 7.05 Å². The first kappa shape index (κ1) is 9.95. The largest absolute Gasteiger partial charge is 0.319 e. The molecule has 1 rings (SSSR count). The number of aromatic nitrogens is 2. The highest BCUT2D eigenvalue weighted by atomic mass is 32.2. The number of thioether (sulfide) groups is 1. The van der Waals surface area contributed by atoms with E-state index in [1.165, 1.54) is 0 Å². The summed E-state index contributed by atoms with van der Waals surface area (Å²) in [6, 6.07) is 0. The van der Waals surface area contributed by atoms with Crippen molar-refractivity contribution in [2.45, 2.75) is 11.3 Å². The van der Waals surface area contributed by atoms with Crippen molar-refractivity contribution in [3.8, 4) is 0 Å². The third-order valence-electron chi connectivity index (χ3n) is 1.38. The van der Waals surface area contributed by atoms with Crippen LogP contribution in [-0.4, -0.2) is 29.5 Å². The van der Waals surface area contributed by atoms with Gasteiger partial charge in [-0.25, -0.2) is 0 Å². The van der Waals surface area contributed by atoms with Crippen LogP contribution in [0.15, 0.2) is 9.85 Å². The summed E-state index contributed by atoms with van der Waals surface area (Å²) >= 11 is 3.38. The average molecular weight is 203 g/mol. The van der Waals surface area contributed by atoms with Gasteiger partial charge in [-0.05, 0) is 19.5 Å². The monoisotopic (exact) mass is 203 g/mol. The van der Waals surface area contributed by atoms with Crippen LogP contribution in [0, 0.1) is 5.92 Å². The molecule has 0 aliphatic carbocycles. The molecule has 1 N–H and O–H groups in total. The Kier molecular flexibility index (Phi) is 4.57. The quantitative estimate of drug-likeness (QED) is 0.736.